The van der Waals surface area contributed by atoms with Gasteiger partial charge in [-0.15, -0.1) is 11.3 Å². The maximum Gasteiger partial charge on any atom is 0.261 e. The molecule has 1 aromatic heterocycles. The van der Waals surface area contributed by atoms with Gasteiger partial charge in [0.15, 0.2) is 0 Å². The van der Waals surface area contributed by atoms with E-state index < -0.39 is 10.0 Å². The number of hydrogen-bond donors (Lipinski definition) is 1. The Morgan fingerprint density at radius 1 is 1.17 bits per heavy atom. The molecule has 0 bridgehead atoms. The number of nitrogens with zero attached hydrogens (tertiary/aromatic N) is 1. The normalized spacial score (nSPS) is 16.1. The first-order valence-electron chi connectivity index (χ1n) is 9.53. The number of thiophene rings is 1. The standard InChI is InChI=1S/C22H22N2O4S2/c1-15-20-11-13-29-21(20)10-12-24(15)22(25)16-4-3-5-19(14-16)30(26,27)23-17-6-8-18(28-2)9-7-17/h3-9,11,13-15,23H,10,12H2,1-2H3. The van der Waals surface area contributed by atoms with Crippen molar-refractivity contribution in [2.75, 3.05) is 18.4 Å². The van der Waals surface area contributed by atoms with Crippen LogP contribution in [0.3, 0.4) is 0 Å². The largest absolute Gasteiger partial charge is 0.497 e. The number of anilines is 1. The van der Waals surface area contributed by atoms with Gasteiger partial charge in [0.2, 0.25) is 0 Å². The monoisotopic (exact) mass is 442 g/mol. The molecule has 156 valence electrons. The molecule has 1 amide bonds. The molecule has 2 heterocycles. The van der Waals surface area contributed by atoms with Gasteiger partial charge in [-0.05, 0) is 72.8 Å². The van der Waals surface area contributed by atoms with Gasteiger partial charge >= 0.3 is 0 Å². The summed E-state index contributed by atoms with van der Waals surface area (Å²) in [4.78, 5) is 16.3. The molecule has 4 rings (SSSR count). The van der Waals surface area contributed by atoms with Crippen LogP contribution in [0.2, 0.25) is 0 Å². The molecule has 6 nitrogen and oxygen atoms in total. The van der Waals surface area contributed by atoms with Gasteiger partial charge in [-0.1, -0.05) is 6.07 Å². The van der Waals surface area contributed by atoms with E-state index in [0.717, 1.165) is 6.42 Å². The fourth-order valence-corrected chi connectivity index (χ4v) is 5.69. The molecular formula is C22H22N2O4S2. The number of ether oxygens (including phenoxy) is 1. The van der Waals surface area contributed by atoms with Crippen molar-refractivity contribution in [3.05, 3.63) is 76.0 Å². The zero-order valence-electron chi connectivity index (χ0n) is 16.7. The maximum atomic E-state index is 13.2. The smallest absolute Gasteiger partial charge is 0.261 e. The quantitative estimate of drug-likeness (QED) is 0.639. The van der Waals surface area contributed by atoms with Gasteiger partial charge in [-0.25, -0.2) is 8.42 Å². The van der Waals surface area contributed by atoms with E-state index in [1.54, 1.807) is 59.7 Å². The van der Waals surface area contributed by atoms with E-state index in [-0.39, 0.29) is 16.8 Å². The second kappa shape index (κ2) is 8.12. The lowest BCUT2D eigenvalue weighted by Crippen LogP contribution is -2.38. The minimum atomic E-state index is -3.83. The van der Waals surface area contributed by atoms with E-state index in [4.69, 9.17) is 4.74 Å². The molecule has 0 aliphatic carbocycles. The third-order valence-corrected chi connectivity index (χ3v) is 7.65. The van der Waals surface area contributed by atoms with Crippen LogP contribution in [0, 0.1) is 0 Å². The highest BCUT2D eigenvalue weighted by molar-refractivity contribution is 7.92. The van der Waals surface area contributed by atoms with Crippen LogP contribution in [0.5, 0.6) is 5.75 Å². The lowest BCUT2D eigenvalue weighted by molar-refractivity contribution is 0.0679. The molecule has 1 aliphatic heterocycles. The lowest BCUT2D eigenvalue weighted by Gasteiger charge is -2.33. The van der Waals surface area contributed by atoms with Crippen LogP contribution < -0.4 is 9.46 Å². The Morgan fingerprint density at radius 3 is 2.67 bits per heavy atom. The fourth-order valence-electron chi connectivity index (χ4n) is 3.62. The second-order valence-corrected chi connectivity index (χ2v) is 9.77. The van der Waals surface area contributed by atoms with E-state index >= 15 is 0 Å². The number of amides is 1. The van der Waals surface area contributed by atoms with Gasteiger partial charge in [0.25, 0.3) is 15.9 Å². The summed E-state index contributed by atoms with van der Waals surface area (Å²) in [5.41, 5.74) is 1.95. The Kier molecular flexibility index (Phi) is 5.53. The number of fused-ring (bicyclic) bond motifs is 1. The Bertz CT molecular complexity index is 1170. The van der Waals surface area contributed by atoms with E-state index in [1.165, 1.54) is 22.6 Å². The summed E-state index contributed by atoms with van der Waals surface area (Å²) in [6.45, 7) is 2.63. The summed E-state index contributed by atoms with van der Waals surface area (Å²) in [5, 5.41) is 2.05. The van der Waals surface area contributed by atoms with E-state index in [0.29, 0.717) is 23.5 Å². The first kappa shape index (κ1) is 20.4. The zero-order valence-corrected chi connectivity index (χ0v) is 18.3. The summed E-state index contributed by atoms with van der Waals surface area (Å²) in [5.74, 6) is 0.468. The predicted octanol–water partition coefficient (Wildman–Crippen LogP) is 4.32. The third kappa shape index (κ3) is 3.93. The van der Waals surface area contributed by atoms with E-state index in [1.807, 2.05) is 12.3 Å². The number of hydrogen-bond acceptors (Lipinski definition) is 5. The molecule has 1 aliphatic rings. The molecular weight excluding hydrogens is 420 g/mol. The number of benzene rings is 2. The summed E-state index contributed by atoms with van der Waals surface area (Å²) in [6, 6.07) is 14.8. The first-order chi connectivity index (χ1) is 14.4. The Hall–Kier alpha value is -2.84. The van der Waals surface area contributed by atoms with Gasteiger partial charge < -0.3 is 9.64 Å². The molecule has 1 atom stereocenters. The minimum Gasteiger partial charge on any atom is -0.497 e. The average Bonchev–Trinajstić information content (AvgIpc) is 3.24. The summed E-state index contributed by atoms with van der Waals surface area (Å²) in [6.07, 6.45) is 0.820. The molecule has 0 fully saturated rings. The molecule has 0 saturated heterocycles. The zero-order chi connectivity index (χ0) is 21.3. The van der Waals surface area contributed by atoms with Gasteiger partial charge in [-0.2, -0.15) is 0 Å². The third-order valence-electron chi connectivity index (χ3n) is 5.27. The van der Waals surface area contributed by atoms with Gasteiger partial charge in [0, 0.05) is 22.7 Å². The van der Waals surface area contributed by atoms with E-state index in [2.05, 4.69) is 10.8 Å². The average molecular weight is 443 g/mol. The Labute approximate surface area is 180 Å². The van der Waals surface area contributed by atoms with E-state index in [9.17, 15) is 13.2 Å². The van der Waals surface area contributed by atoms with Crippen molar-refractivity contribution in [3.8, 4) is 5.75 Å². The predicted molar refractivity (Wildman–Crippen MR) is 118 cm³/mol. The number of carbonyl (C=O) groups excluding carboxylic acids is 1. The van der Waals surface area contributed by atoms with Crippen LogP contribution in [0.15, 0.2) is 64.9 Å². The summed E-state index contributed by atoms with van der Waals surface area (Å²) < 4.78 is 33.3. The SMILES string of the molecule is COc1ccc(NS(=O)(=O)c2cccc(C(=O)N3CCc4sccc4C3C)c2)cc1. The highest BCUT2D eigenvalue weighted by Crippen LogP contribution is 2.34. The fraction of sp³-hybridized carbons (Fsp3) is 0.227. The van der Waals surface area contributed by atoms with Crippen LogP contribution in [0.4, 0.5) is 5.69 Å². The highest BCUT2D eigenvalue weighted by Gasteiger charge is 2.29. The van der Waals surface area contributed by atoms with Crippen LogP contribution in [0.1, 0.15) is 33.8 Å². The van der Waals surface area contributed by atoms with Gasteiger partial charge in [0.1, 0.15) is 5.75 Å². The Morgan fingerprint density at radius 2 is 1.93 bits per heavy atom. The highest BCUT2D eigenvalue weighted by atomic mass is 32.2. The van der Waals surface area contributed by atoms with Crippen molar-refractivity contribution in [3.63, 3.8) is 0 Å². The number of nitrogens with one attached hydrogen (secondary N) is 1. The lowest BCUT2D eigenvalue weighted by atomic mass is 10.0. The van der Waals surface area contributed by atoms with Crippen molar-refractivity contribution in [2.24, 2.45) is 0 Å². The molecule has 0 saturated carbocycles. The van der Waals surface area contributed by atoms with Crippen LogP contribution in [-0.2, 0) is 16.4 Å². The molecule has 3 aromatic rings. The number of carbonyl (C=O) groups is 1. The van der Waals surface area contributed by atoms with Crippen LogP contribution >= 0.6 is 11.3 Å². The van der Waals surface area contributed by atoms with Gasteiger partial charge in [-0.3, -0.25) is 9.52 Å². The van der Waals surface area contributed by atoms with Crippen LogP contribution in [-0.4, -0.2) is 32.9 Å². The number of rotatable bonds is 5. The molecule has 30 heavy (non-hydrogen) atoms. The topological polar surface area (TPSA) is 75.7 Å². The molecule has 0 spiro atoms. The molecule has 2 aromatic carbocycles. The van der Waals surface area contributed by atoms with Crippen molar-refractivity contribution >= 4 is 33.0 Å². The number of methoxy groups -OCH3 is 1. The molecule has 1 N–H and O–H groups in total. The van der Waals surface area contributed by atoms with Crippen molar-refractivity contribution in [1.29, 1.82) is 0 Å². The maximum absolute atomic E-state index is 13.2. The van der Waals surface area contributed by atoms with Gasteiger partial charge in [0.05, 0.1) is 18.0 Å². The Balaban J connectivity index is 1.56. The minimum absolute atomic E-state index is 0.0369. The molecule has 8 heteroatoms. The second-order valence-electron chi connectivity index (χ2n) is 7.09. The van der Waals surface area contributed by atoms with Crippen LogP contribution in [0.25, 0.3) is 0 Å². The van der Waals surface area contributed by atoms with Crippen molar-refractivity contribution in [1.82, 2.24) is 4.90 Å². The van der Waals surface area contributed by atoms with Crippen molar-refractivity contribution < 1.29 is 17.9 Å². The summed E-state index contributed by atoms with van der Waals surface area (Å²) in [7, 11) is -2.29. The van der Waals surface area contributed by atoms with Crippen molar-refractivity contribution in [2.45, 2.75) is 24.3 Å². The summed E-state index contributed by atoms with van der Waals surface area (Å²) >= 11 is 1.71. The molecule has 0 radical (unpaired) electrons. The number of sulfonamides is 1. The molecule has 1 unspecified atom stereocenters. The first-order valence-corrected chi connectivity index (χ1v) is 11.9.